The summed E-state index contributed by atoms with van der Waals surface area (Å²) in [7, 11) is 0. The molecule has 1 aliphatic heterocycles. The molecule has 0 spiro atoms. The number of aromatic nitrogens is 5. The van der Waals surface area contributed by atoms with Crippen LogP contribution in [0.4, 0.5) is 23.5 Å². The van der Waals surface area contributed by atoms with Gasteiger partial charge in [0.15, 0.2) is 9.99 Å². The predicted octanol–water partition coefficient (Wildman–Crippen LogP) is 6.13. The van der Waals surface area contributed by atoms with Crippen LogP contribution in [0, 0.1) is 5.82 Å². The van der Waals surface area contributed by atoms with E-state index in [-0.39, 0.29) is 23.5 Å². The van der Waals surface area contributed by atoms with Crippen molar-refractivity contribution in [1.82, 2.24) is 24.7 Å². The number of alkyl halides is 3. The first kappa shape index (κ1) is 24.6. The minimum atomic E-state index is -4.64. The lowest BCUT2D eigenvalue weighted by Crippen LogP contribution is -2.43. The molecule has 2 aliphatic rings. The van der Waals surface area contributed by atoms with Gasteiger partial charge in [0.1, 0.15) is 16.6 Å². The van der Waals surface area contributed by atoms with Crippen molar-refractivity contribution in [2.24, 2.45) is 0 Å². The third kappa shape index (κ3) is 4.79. The van der Waals surface area contributed by atoms with E-state index >= 15 is 4.39 Å². The van der Waals surface area contributed by atoms with E-state index < -0.39 is 17.6 Å². The zero-order chi connectivity index (χ0) is 25.9. The lowest BCUT2D eigenvalue weighted by molar-refractivity contribution is -0.137. The van der Waals surface area contributed by atoms with E-state index in [1.807, 2.05) is 35.2 Å². The van der Waals surface area contributed by atoms with Crippen LogP contribution in [-0.2, 0) is 10.9 Å². The molecule has 1 saturated heterocycles. The van der Waals surface area contributed by atoms with Gasteiger partial charge in [-0.05, 0) is 44.2 Å². The molecule has 0 unspecified atom stereocenters. The van der Waals surface area contributed by atoms with Gasteiger partial charge in [-0.15, -0.1) is 11.3 Å². The molecule has 4 aromatic rings. The number of halogens is 4. The number of rotatable bonds is 5. The van der Waals surface area contributed by atoms with Crippen molar-refractivity contribution in [3.8, 4) is 11.3 Å². The summed E-state index contributed by atoms with van der Waals surface area (Å²) in [5.74, 6) is -0.671. The Morgan fingerprint density at radius 2 is 1.95 bits per heavy atom. The van der Waals surface area contributed by atoms with Gasteiger partial charge in [0.05, 0.1) is 36.1 Å². The first-order valence-electron chi connectivity index (χ1n) is 11.7. The molecular formula is C24H22F4N6OS2. The Labute approximate surface area is 217 Å². The number of ether oxygens (including phenoxy) is 1. The minimum Gasteiger partial charge on any atom is -0.367 e. The van der Waals surface area contributed by atoms with Gasteiger partial charge in [0.2, 0.25) is 5.95 Å². The summed E-state index contributed by atoms with van der Waals surface area (Å²) < 4.78 is 63.9. The lowest BCUT2D eigenvalue weighted by atomic mass is 10.1. The Bertz CT molecular complexity index is 1470. The summed E-state index contributed by atoms with van der Waals surface area (Å²) in [5.41, 5.74) is 0.482. The summed E-state index contributed by atoms with van der Waals surface area (Å²) in [6.07, 6.45) is 2.88. The number of hydrogen-bond acceptors (Lipinski definition) is 8. The third-order valence-electron chi connectivity index (χ3n) is 6.41. The smallest absolute Gasteiger partial charge is 0.367 e. The fourth-order valence-corrected chi connectivity index (χ4v) is 5.95. The Hall–Kier alpha value is -2.77. The zero-order valence-corrected chi connectivity index (χ0v) is 21.5. The van der Waals surface area contributed by atoms with Crippen molar-refractivity contribution in [3.63, 3.8) is 0 Å². The fourth-order valence-electron chi connectivity index (χ4n) is 4.44. The number of benzene rings is 1. The SMILES string of the molecule is CSc1nc2nc(N3C[C@@H](C)O[C@@H](c4cnn(C5CC5)c4)C3)nc(-c3ccc(C(F)(F)F)cc3F)c2s1. The molecule has 13 heteroatoms. The quantitative estimate of drug-likeness (QED) is 0.219. The normalized spacial score (nSPS) is 20.6. The minimum absolute atomic E-state index is 0.0264. The average Bonchev–Trinajstić information content (AvgIpc) is 3.43. The molecule has 1 saturated carbocycles. The standard InChI is InChI=1S/C24H22F4N6OS2/c1-12-9-33(11-18(35-12)13-8-29-34(10-13)15-4-5-15)22-30-19(20-21(31-22)32-23(36-2)37-20)16-6-3-14(7-17(16)25)24(26,27)28/h3,6-8,10,12,15,18H,4-5,9,11H2,1-2H3/t12-,18-/m1/s1. The summed E-state index contributed by atoms with van der Waals surface area (Å²) in [5, 5.41) is 4.47. The highest BCUT2D eigenvalue weighted by Gasteiger charge is 2.33. The third-order valence-corrected chi connectivity index (χ3v) is 8.44. The van der Waals surface area contributed by atoms with Crippen LogP contribution in [0.5, 0.6) is 0 Å². The van der Waals surface area contributed by atoms with Gasteiger partial charge in [-0.2, -0.15) is 23.3 Å². The van der Waals surface area contributed by atoms with Crippen molar-refractivity contribution in [2.45, 2.75) is 48.5 Å². The maximum absolute atomic E-state index is 15.1. The monoisotopic (exact) mass is 550 g/mol. The zero-order valence-electron chi connectivity index (χ0n) is 19.9. The second-order valence-electron chi connectivity index (χ2n) is 9.23. The molecule has 2 atom stereocenters. The van der Waals surface area contributed by atoms with Gasteiger partial charge in [-0.25, -0.2) is 14.4 Å². The van der Waals surface area contributed by atoms with Gasteiger partial charge in [-0.3, -0.25) is 4.68 Å². The van der Waals surface area contributed by atoms with Crippen LogP contribution < -0.4 is 4.90 Å². The summed E-state index contributed by atoms with van der Waals surface area (Å²) in [6.45, 7) is 2.89. The molecule has 1 aliphatic carbocycles. The first-order valence-corrected chi connectivity index (χ1v) is 13.8. The number of thioether (sulfide) groups is 1. The molecule has 3 aromatic heterocycles. The Morgan fingerprint density at radius 3 is 2.65 bits per heavy atom. The van der Waals surface area contributed by atoms with Crippen LogP contribution in [-0.4, -0.2) is 50.2 Å². The van der Waals surface area contributed by atoms with Crippen molar-refractivity contribution in [1.29, 1.82) is 0 Å². The van der Waals surface area contributed by atoms with E-state index in [2.05, 4.69) is 20.1 Å². The number of morpholine rings is 1. The second-order valence-corrected chi connectivity index (χ2v) is 11.3. The van der Waals surface area contributed by atoms with Gasteiger partial charge in [-0.1, -0.05) is 11.8 Å². The lowest BCUT2D eigenvalue weighted by Gasteiger charge is -2.36. The van der Waals surface area contributed by atoms with Crippen LogP contribution >= 0.6 is 23.1 Å². The summed E-state index contributed by atoms with van der Waals surface area (Å²) in [4.78, 5) is 15.8. The molecule has 7 nitrogen and oxygen atoms in total. The average molecular weight is 551 g/mol. The van der Waals surface area contributed by atoms with Gasteiger partial charge in [0.25, 0.3) is 0 Å². The van der Waals surface area contributed by atoms with Crippen LogP contribution in [0.15, 0.2) is 34.9 Å². The van der Waals surface area contributed by atoms with Gasteiger partial charge in [0, 0.05) is 23.9 Å². The Kier molecular flexibility index (Phi) is 6.11. The molecule has 0 bridgehead atoms. The molecule has 0 N–H and O–H groups in total. The largest absolute Gasteiger partial charge is 0.416 e. The van der Waals surface area contributed by atoms with Crippen LogP contribution in [0.1, 0.15) is 43.0 Å². The van der Waals surface area contributed by atoms with E-state index in [1.165, 1.54) is 23.1 Å². The van der Waals surface area contributed by atoms with Crippen LogP contribution in [0.2, 0.25) is 0 Å². The van der Waals surface area contributed by atoms with Crippen molar-refractivity contribution in [2.75, 3.05) is 24.2 Å². The van der Waals surface area contributed by atoms with Gasteiger partial charge < -0.3 is 9.64 Å². The summed E-state index contributed by atoms with van der Waals surface area (Å²) in [6, 6.07) is 2.95. The van der Waals surface area contributed by atoms with Gasteiger partial charge >= 0.3 is 6.18 Å². The number of anilines is 1. The van der Waals surface area contributed by atoms with Crippen LogP contribution in [0.25, 0.3) is 21.6 Å². The number of thiazole rings is 1. The second kappa shape index (κ2) is 9.21. The molecule has 2 fully saturated rings. The van der Waals surface area contributed by atoms with E-state index in [4.69, 9.17) is 4.74 Å². The topological polar surface area (TPSA) is 69.0 Å². The highest BCUT2D eigenvalue weighted by atomic mass is 32.2. The van der Waals surface area contributed by atoms with Crippen molar-refractivity contribution >= 4 is 39.4 Å². The molecule has 6 rings (SSSR count). The van der Waals surface area contributed by atoms with E-state index in [9.17, 15) is 13.2 Å². The maximum atomic E-state index is 15.1. The highest BCUT2D eigenvalue weighted by Crippen LogP contribution is 2.39. The molecule has 0 amide bonds. The van der Waals surface area contributed by atoms with Crippen molar-refractivity contribution < 1.29 is 22.3 Å². The highest BCUT2D eigenvalue weighted by molar-refractivity contribution is 8.00. The fraction of sp³-hybridized carbons (Fsp3) is 0.417. The molecular weight excluding hydrogens is 528 g/mol. The molecule has 1 aromatic carbocycles. The van der Waals surface area contributed by atoms with E-state index in [0.717, 1.165) is 30.5 Å². The molecule has 0 radical (unpaired) electrons. The summed E-state index contributed by atoms with van der Waals surface area (Å²) >= 11 is 2.70. The predicted molar refractivity (Wildman–Crippen MR) is 133 cm³/mol. The number of fused-ring (bicyclic) bond motifs is 1. The molecule has 4 heterocycles. The maximum Gasteiger partial charge on any atom is 0.416 e. The Balaban J connectivity index is 1.40. The number of hydrogen-bond donors (Lipinski definition) is 0. The first-order chi connectivity index (χ1) is 17.7. The van der Waals surface area contributed by atoms with Crippen LogP contribution in [0.3, 0.4) is 0 Å². The number of nitrogens with zero attached hydrogens (tertiary/aromatic N) is 6. The van der Waals surface area contributed by atoms with E-state index in [1.54, 1.807) is 0 Å². The Morgan fingerprint density at radius 1 is 1.14 bits per heavy atom. The van der Waals surface area contributed by atoms with Crippen molar-refractivity contribution in [3.05, 3.63) is 47.5 Å². The molecule has 194 valence electrons. The molecule has 37 heavy (non-hydrogen) atoms. The van der Waals surface area contributed by atoms with E-state index in [0.29, 0.717) is 45.8 Å².